The normalized spacial score (nSPS) is 41.4. The lowest BCUT2D eigenvalue weighted by molar-refractivity contribution is -0.0226. The molecule has 0 bridgehead atoms. The number of hydrogen-bond acceptors (Lipinski definition) is 5. The third-order valence-corrected chi connectivity index (χ3v) is 8.07. The van der Waals surface area contributed by atoms with E-state index >= 15 is 0 Å². The topological polar surface area (TPSA) is 74.8 Å². The molecule has 0 spiro atoms. The molecule has 0 aromatic heterocycles. The Bertz CT molecular complexity index is 716. The Labute approximate surface area is 173 Å². The lowest BCUT2D eigenvalue weighted by atomic mass is 9.55. The largest absolute Gasteiger partial charge is 0.508 e. The molecule has 0 amide bonds. The summed E-state index contributed by atoms with van der Waals surface area (Å²) < 4.78 is 15.1. The van der Waals surface area contributed by atoms with E-state index in [2.05, 4.69) is 13.0 Å². The Morgan fingerprint density at radius 1 is 1.07 bits per heavy atom. The van der Waals surface area contributed by atoms with Crippen LogP contribution in [-0.2, 0) is 20.6 Å². The molecular weight excluding hydrogens is 368 g/mol. The van der Waals surface area contributed by atoms with Crippen LogP contribution in [0.4, 0.5) is 0 Å². The molecule has 0 radical (unpaired) electrons. The molecule has 5 nitrogen and oxygen atoms in total. The van der Waals surface area contributed by atoms with Gasteiger partial charge in [0, 0.05) is 0 Å². The van der Waals surface area contributed by atoms with Gasteiger partial charge in [0.25, 0.3) is 0 Å². The molecule has 2 aliphatic heterocycles. The van der Waals surface area contributed by atoms with E-state index in [1.165, 1.54) is 30.4 Å². The molecule has 2 heterocycles. The number of aromatic hydroxyl groups is 1. The second-order valence-corrected chi connectivity index (χ2v) is 9.88. The first kappa shape index (κ1) is 19.8. The minimum atomic E-state index is -0.0883. The van der Waals surface area contributed by atoms with E-state index in [4.69, 9.17) is 14.2 Å². The molecule has 1 aromatic carbocycles. The lowest BCUT2D eigenvalue weighted by Crippen LogP contribution is -2.43. The van der Waals surface area contributed by atoms with Crippen LogP contribution in [0.5, 0.6) is 5.75 Å². The van der Waals surface area contributed by atoms with E-state index < -0.39 is 0 Å². The zero-order valence-corrected chi connectivity index (χ0v) is 17.4. The number of aliphatic hydroxyl groups is 1. The number of phenols is 1. The molecule has 3 aliphatic carbocycles. The van der Waals surface area contributed by atoms with Crippen molar-refractivity contribution in [3.05, 3.63) is 29.3 Å². The van der Waals surface area contributed by atoms with Crippen molar-refractivity contribution in [3.63, 3.8) is 0 Å². The summed E-state index contributed by atoms with van der Waals surface area (Å²) in [5, 5.41) is 20.0. The van der Waals surface area contributed by atoms with E-state index in [9.17, 15) is 10.2 Å². The van der Waals surface area contributed by atoms with Crippen LogP contribution in [0.2, 0.25) is 0 Å². The Hall–Kier alpha value is -1.14. The van der Waals surface area contributed by atoms with Crippen molar-refractivity contribution < 1.29 is 24.4 Å². The van der Waals surface area contributed by atoms with Crippen molar-refractivity contribution in [2.45, 2.75) is 69.7 Å². The maximum absolute atomic E-state index is 10.4. The Balaban J connectivity index is 0.000000168. The number of aryl methyl sites for hydroxylation is 1. The number of hydrogen-bond donors (Lipinski definition) is 2. The minimum absolute atomic E-state index is 0.0883. The monoisotopic (exact) mass is 402 g/mol. The molecule has 1 aromatic rings. The van der Waals surface area contributed by atoms with Crippen LogP contribution in [0.3, 0.4) is 0 Å². The standard InChI is InChI=1S/C18H24O2.C6H10O3/c1-18-9-8-14-13-5-3-12(19)10-11(13)2-4-15(14)16(18)6-7-17(18)20;1(5-3-8-5)7-2-6-4-9-6/h3,5,10,14-17,19-20H,2,4,6-9H2,1H3;5-6H,1-4H2/t14-,15-,16+,17+,18+;/m1./s1. The average Bonchev–Trinajstić information content (AvgIpc) is 3.63. The van der Waals surface area contributed by atoms with E-state index in [1.54, 1.807) is 0 Å². The summed E-state index contributed by atoms with van der Waals surface area (Å²) in [5.74, 6) is 2.49. The number of phenolic OH excluding ortho intramolecular Hbond substituents is 1. The quantitative estimate of drug-likeness (QED) is 0.755. The maximum atomic E-state index is 10.4. The van der Waals surface area contributed by atoms with E-state index in [1.807, 2.05) is 12.1 Å². The third-order valence-electron chi connectivity index (χ3n) is 8.07. The van der Waals surface area contributed by atoms with Gasteiger partial charge in [-0.15, -0.1) is 0 Å². The van der Waals surface area contributed by atoms with Gasteiger partial charge < -0.3 is 24.4 Å². The van der Waals surface area contributed by atoms with E-state index in [0.29, 0.717) is 29.8 Å². The summed E-state index contributed by atoms with van der Waals surface area (Å²) in [6.45, 7) is 5.58. The molecule has 5 heteroatoms. The highest BCUT2D eigenvalue weighted by atomic mass is 16.6. The van der Waals surface area contributed by atoms with Gasteiger partial charge in [0.15, 0.2) is 0 Å². The predicted octanol–water partition coefficient (Wildman–Crippen LogP) is 3.41. The van der Waals surface area contributed by atoms with Gasteiger partial charge >= 0.3 is 0 Å². The Morgan fingerprint density at radius 2 is 1.79 bits per heavy atom. The highest BCUT2D eigenvalue weighted by molar-refractivity contribution is 5.40. The van der Waals surface area contributed by atoms with Crippen LogP contribution in [0, 0.1) is 17.3 Å². The molecule has 2 unspecified atom stereocenters. The molecular formula is C24H34O5. The van der Waals surface area contributed by atoms with E-state index in [0.717, 1.165) is 51.6 Å². The highest BCUT2D eigenvalue weighted by Gasteiger charge is 2.54. The molecule has 29 heavy (non-hydrogen) atoms. The van der Waals surface area contributed by atoms with Gasteiger partial charge in [-0.25, -0.2) is 0 Å². The number of aliphatic hydroxyl groups excluding tert-OH is 1. The fourth-order valence-electron chi connectivity index (χ4n) is 6.20. The second-order valence-electron chi connectivity index (χ2n) is 9.88. The molecule has 2 saturated carbocycles. The van der Waals surface area contributed by atoms with Gasteiger partial charge in [0.1, 0.15) is 18.0 Å². The number of epoxide rings is 2. The van der Waals surface area contributed by atoms with Crippen molar-refractivity contribution in [2.24, 2.45) is 17.3 Å². The van der Waals surface area contributed by atoms with Crippen LogP contribution in [0.1, 0.15) is 56.1 Å². The number of benzene rings is 1. The van der Waals surface area contributed by atoms with Crippen LogP contribution < -0.4 is 0 Å². The van der Waals surface area contributed by atoms with Crippen LogP contribution >= 0.6 is 0 Å². The zero-order valence-electron chi connectivity index (χ0n) is 17.4. The SMILES string of the molecule is C(OCC1CO1)C1CO1.C[C@]12CC[C@@H]3c4ccc(O)cc4CC[C@H]3[C@@H]1CC[C@@H]2O. The van der Waals surface area contributed by atoms with Crippen molar-refractivity contribution in [3.8, 4) is 5.75 Å². The van der Waals surface area contributed by atoms with Crippen LogP contribution in [0.25, 0.3) is 0 Å². The van der Waals surface area contributed by atoms with Gasteiger partial charge in [-0.3, -0.25) is 0 Å². The summed E-state index contributed by atoms with van der Waals surface area (Å²) in [6, 6.07) is 5.96. The van der Waals surface area contributed by atoms with Crippen molar-refractivity contribution in [1.82, 2.24) is 0 Å². The lowest BCUT2D eigenvalue weighted by Gasteiger charge is -2.50. The molecule has 4 fully saturated rings. The fraction of sp³-hybridized carbons (Fsp3) is 0.750. The van der Waals surface area contributed by atoms with Gasteiger partial charge in [0.2, 0.25) is 0 Å². The average molecular weight is 403 g/mol. The van der Waals surface area contributed by atoms with Gasteiger partial charge in [-0.1, -0.05) is 13.0 Å². The summed E-state index contributed by atoms with van der Waals surface area (Å²) in [4.78, 5) is 0. The van der Waals surface area contributed by atoms with Crippen LogP contribution in [0.15, 0.2) is 18.2 Å². The number of ether oxygens (including phenoxy) is 3. The second kappa shape index (κ2) is 7.84. The van der Waals surface area contributed by atoms with Crippen molar-refractivity contribution in [1.29, 1.82) is 0 Å². The number of rotatable bonds is 4. The molecule has 6 rings (SSSR count). The molecule has 5 aliphatic rings. The van der Waals surface area contributed by atoms with Gasteiger partial charge in [-0.2, -0.15) is 0 Å². The maximum Gasteiger partial charge on any atom is 0.115 e. The fourth-order valence-corrected chi connectivity index (χ4v) is 6.20. The Morgan fingerprint density at radius 3 is 2.48 bits per heavy atom. The summed E-state index contributed by atoms with van der Waals surface area (Å²) >= 11 is 0. The van der Waals surface area contributed by atoms with Crippen molar-refractivity contribution >= 4 is 0 Å². The number of fused-ring (bicyclic) bond motifs is 5. The first-order valence-corrected chi connectivity index (χ1v) is 11.4. The minimum Gasteiger partial charge on any atom is -0.508 e. The summed E-state index contributed by atoms with van der Waals surface area (Å²) in [5.41, 5.74) is 2.99. The zero-order chi connectivity index (χ0) is 20.0. The first-order chi connectivity index (χ1) is 14.0. The molecule has 7 atom stereocenters. The van der Waals surface area contributed by atoms with Crippen molar-refractivity contribution in [2.75, 3.05) is 26.4 Å². The third kappa shape index (κ3) is 4.07. The first-order valence-electron chi connectivity index (χ1n) is 11.4. The van der Waals surface area contributed by atoms with Gasteiger partial charge in [0.05, 0.1) is 32.5 Å². The predicted molar refractivity (Wildman–Crippen MR) is 109 cm³/mol. The summed E-state index contributed by atoms with van der Waals surface area (Å²) in [6.07, 6.45) is 7.57. The van der Waals surface area contributed by atoms with E-state index in [-0.39, 0.29) is 11.5 Å². The molecule has 2 saturated heterocycles. The molecule has 160 valence electrons. The Kier molecular flexibility index (Phi) is 5.35. The smallest absolute Gasteiger partial charge is 0.115 e. The summed E-state index contributed by atoms with van der Waals surface area (Å²) in [7, 11) is 0. The molecule has 2 N–H and O–H groups in total. The van der Waals surface area contributed by atoms with Crippen LogP contribution in [-0.4, -0.2) is 55.0 Å². The van der Waals surface area contributed by atoms with Gasteiger partial charge in [-0.05, 0) is 85.0 Å². The highest BCUT2D eigenvalue weighted by Crippen LogP contribution is 2.60.